The van der Waals surface area contributed by atoms with Crippen molar-refractivity contribution < 1.29 is 5.11 Å². The molecular weight excluding hydrogens is 172 g/mol. The fourth-order valence-corrected chi connectivity index (χ4v) is 2.30. The van der Waals surface area contributed by atoms with Crippen LogP contribution in [0.25, 0.3) is 0 Å². The van der Waals surface area contributed by atoms with E-state index in [1.165, 1.54) is 44.1 Å². The second kappa shape index (κ2) is 6.23. The molecule has 0 aliphatic heterocycles. The van der Waals surface area contributed by atoms with Gasteiger partial charge in [-0.2, -0.15) is 0 Å². The molecule has 0 aromatic carbocycles. The van der Waals surface area contributed by atoms with Crippen molar-refractivity contribution in [3.05, 3.63) is 12.2 Å². The molecular formula is C13H24O. The Bertz CT molecular complexity index is 166. The fourth-order valence-electron chi connectivity index (χ4n) is 2.30. The van der Waals surface area contributed by atoms with E-state index in [0.717, 1.165) is 12.8 Å². The molecule has 1 aliphatic rings. The fraction of sp³-hybridized carbons (Fsp3) is 0.846. The average molecular weight is 196 g/mol. The topological polar surface area (TPSA) is 20.2 Å². The molecule has 82 valence electrons. The predicted octanol–water partition coefficient (Wildman–Crippen LogP) is 3.67. The molecule has 1 nitrogen and oxygen atoms in total. The summed E-state index contributed by atoms with van der Waals surface area (Å²) in [4.78, 5) is 0. The molecule has 0 aromatic rings. The van der Waals surface area contributed by atoms with E-state index in [0.29, 0.717) is 5.92 Å². The number of aliphatic hydroxyl groups excluding tert-OH is 1. The van der Waals surface area contributed by atoms with Gasteiger partial charge in [-0.05, 0) is 31.6 Å². The lowest BCUT2D eigenvalue weighted by molar-refractivity contribution is 0.0981. The summed E-state index contributed by atoms with van der Waals surface area (Å²) in [6.07, 6.45) is 9.47. The first-order chi connectivity index (χ1) is 6.74. The molecule has 1 aliphatic carbocycles. The molecule has 1 heteroatoms. The van der Waals surface area contributed by atoms with Gasteiger partial charge in [0.25, 0.3) is 0 Å². The van der Waals surface area contributed by atoms with Crippen molar-refractivity contribution in [1.29, 1.82) is 0 Å². The number of hydrogen-bond acceptors (Lipinski definition) is 1. The van der Waals surface area contributed by atoms with Gasteiger partial charge in [0.05, 0.1) is 6.10 Å². The van der Waals surface area contributed by atoms with Gasteiger partial charge in [-0.25, -0.2) is 0 Å². The van der Waals surface area contributed by atoms with Crippen LogP contribution in [0.4, 0.5) is 0 Å². The van der Waals surface area contributed by atoms with Gasteiger partial charge in [-0.1, -0.05) is 44.8 Å². The molecule has 1 rings (SSSR count). The molecule has 14 heavy (non-hydrogen) atoms. The Morgan fingerprint density at radius 1 is 1.29 bits per heavy atom. The van der Waals surface area contributed by atoms with Crippen molar-refractivity contribution in [3.63, 3.8) is 0 Å². The van der Waals surface area contributed by atoms with Gasteiger partial charge < -0.3 is 5.11 Å². The van der Waals surface area contributed by atoms with Crippen LogP contribution in [0.1, 0.15) is 58.3 Å². The number of aliphatic hydroxyl groups is 1. The van der Waals surface area contributed by atoms with E-state index >= 15 is 0 Å². The monoisotopic (exact) mass is 196 g/mol. The van der Waals surface area contributed by atoms with Gasteiger partial charge in [0.2, 0.25) is 0 Å². The Morgan fingerprint density at radius 3 is 2.36 bits per heavy atom. The second-order valence-electron chi connectivity index (χ2n) is 4.63. The summed E-state index contributed by atoms with van der Waals surface area (Å²) in [7, 11) is 0. The zero-order valence-corrected chi connectivity index (χ0v) is 9.47. The summed E-state index contributed by atoms with van der Waals surface area (Å²) in [5.41, 5.74) is 1.20. The average Bonchev–Trinajstić information content (AvgIpc) is 2.45. The number of hydrogen-bond donors (Lipinski definition) is 1. The van der Waals surface area contributed by atoms with E-state index in [1.54, 1.807) is 0 Å². The molecule has 1 atom stereocenters. The van der Waals surface area contributed by atoms with E-state index in [1.807, 2.05) is 0 Å². The summed E-state index contributed by atoms with van der Waals surface area (Å²) in [5.74, 6) is 0.542. The van der Waals surface area contributed by atoms with Gasteiger partial charge in [-0.15, -0.1) is 0 Å². The predicted molar refractivity (Wildman–Crippen MR) is 61.2 cm³/mol. The second-order valence-corrected chi connectivity index (χ2v) is 4.63. The maximum atomic E-state index is 10.0. The Kier molecular flexibility index (Phi) is 5.24. The minimum atomic E-state index is -0.124. The molecule has 0 heterocycles. The van der Waals surface area contributed by atoms with E-state index in [9.17, 15) is 5.11 Å². The Morgan fingerprint density at radius 2 is 1.86 bits per heavy atom. The third kappa shape index (κ3) is 3.83. The molecule has 1 unspecified atom stereocenters. The van der Waals surface area contributed by atoms with E-state index in [4.69, 9.17) is 0 Å². The maximum Gasteiger partial charge on any atom is 0.0605 e. The molecule has 0 spiro atoms. The molecule has 0 amide bonds. The molecule has 0 saturated heterocycles. The zero-order valence-electron chi connectivity index (χ0n) is 9.47. The van der Waals surface area contributed by atoms with Crippen LogP contribution in [-0.2, 0) is 0 Å². The smallest absolute Gasteiger partial charge is 0.0605 e. The summed E-state index contributed by atoms with van der Waals surface area (Å²) in [6, 6.07) is 0. The van der Waals surface area contributed by atoms with Gasteiger partial charge in [0.1, 0.15) is 0 Å². The highest BCUT2D eigenvalue weighted by Gasteiger charge is 2.20. The first-order valence-electron chi connectivity index (χ1n) is 6.08. The Labute approximate surface area is 88.2 Å². The highest BCUT2D eigenvalue weighted by molar-refractivity contribution is 4.96. The zero-order chi connectivity index (χ0) is 10.4. The van der Waals surface area contributed by atoms with Crippen molar-refractivity contribution in [3.8, 4) is 0 Å². The standard InChI is InChI=1S/C13H24O/c1-3-11(2)10-13(14)12-8-6-4-5-7-9-12/h12-14H,2-10H2,1H3. The van der Waals surface area contributed by atoms with Gasteiger partial charge in [-0.3, -0.25) is 0 Å². The van der Waals surface area contributed by atoms with Crippen LogP contribution in [-0.4, -0.2) is 11.2 Å². The first-order valence-corrected chi connectivity index (χ1v) is 6.08. The van der Waals surface area contributed by atoms with Crippen LogP contribution in [0.15, 0.2) is 12.2 Å². The van der Waals surface area contributed by atoms with Gasteiger partial charge in [0, 0.05) is 0 Å². The third-order valence-corrected chi connectivity index (χ3v) is 3.44. The van der Waals surface area contributed by atoms with Crippen molar-refractivity contribution in [2.24, 2.45) is 5.92 Å². The van der Waals surface area contributed by atoms with Crippen LogP contribution in [0, 0.1) is 5.92 Å². The molecule has 0 radical (unpaired) electrons. The molecule has 0 bridgehead atoms. The van der Waals surface area contributed by atoms with Crippen molar-refractivity contribution in [2.45, 2.75) is 64.4 Å². The SMILES string of the molecule is C=C(CC)CC(O)C1CCCCCC1. The molecule has 1 N–H and O–H groups in total. The summed E-state index contributed by atoms with van der Waals surface area (Å²) in [5, 5.41) is 10.0. The van der Waals surface area contributed by atoms with Crippen LogP contribution in [0.3, 0.4) is 0 Å². The normalized spacial score (nSPS) is 21.6. The summed E-state index contributed by atoms with van der Waals surface area (Å²) in [6.45, 7) is 6.08. The lowest BCUT2D eigenvalue weighted by atomic mass is 9.90. The summed E-state index contributed by atoms with van der Waals surface area (Å²) < 4.78 is 0. The van der Waals surface area contributed by atoms with E-state index in [-0.39, 0.29) is 6.10 Å². The van der Waals surface area contributed by atoms with Crippen molar-refractivity contribution in [2.75, 3.05) is 0 Å². The number of rotatable bonds is 4. The molecule has 0 aromatic heterocycles. The maximum absolute atomic E-state index is 10.0. The first kappa shape index (κ1) is 11.8. The minimum Gasteiger partial charge on any atom is -0.393 e. The Hall–Kier alpha value is -0.300. The van der Waals surface area contributed by atoms with E-state index in [2.05, 4.69) is 13.5 Å². The van der Waals surface area contributed by atoms with Crippen LogP contribution in [0.2, 0.25) is 0 Å². The lowest BCUT2D eigenvalue weighted by Crippen LogP contribution is -2.20. The van der Waals surface area contributed by atoms with Gasteiger partial charge >= 0.3 is 0 Å². The quantitative estimate of drug-likeness (QED) is 0.537. The van der Waals surface area contributed by atoms with Crippen LogP contribution < -0.4 is 0 Å². The van der Waals surface area contributed by atoms with Crippen LogP contribution in [0.5, 0.6) is 0 Å². The molecule has 1 fully saturated rings. The highest BCUT2D eigenvalue weighted by atomic mass is 16.3. The third-order valence-electron chi connectivity index (χ3n) is 3.44. The van der Waals surface area contributed by atoms with Crippen molar-refractivity contribution in [1.82, 2.24) is 0 Å². The van der Waals surface area contributed by atoms with E-state index < -0.39 is 0 Å². The minimum absolute atomic E-state index is 0.124. The van der Waals surface area contributed by atoms with Crippen molar-refractivity contribution >= 4 is 0 Å². The summed E-state index contributed by atoms with van der Waals surface area (Å²) >= 11 is 0. The molecule has 1 saturated carbocycles. The van der Waals surface area contributed by atoms with Gasteiger partial charge in [0.15, 0.2) is 0 Å². The lowest BCUT2D eigenvalue weighted by Gasteiger charge is -2.21. The van der Waals surface area contributed by atoms with Crippen LogP contribution >= 0.6 is 0 Å². The Balaban J connectivity index is 2.33. The highest BCUT2D eigenvalue weighted by Crippen LogP contribution is 2.28. The largest absolute Gasteiger partial charge is 0.393 e.